The van der Waals surface area contributed by atoms with E-state index in [4.69, 9.17) is 16.9 Å². The summed E-state index contributed by atoms with van der Waals surface area (Å²) in [5, 5.41) is 11.3. The molecule has 0 fully saturated rings. The summed E-state index contributed by atoms with van der Waals surface area (Å²) in [4.78, 5) is 0. The van der Waals surface area contributed by atoms with E-state index in [1.54, 1.807) is 18.2 Å². The molecule has 17 heavy (non-hydrogen) atoms. The zero-order valence-electron chi connectivity index (χ0n) is 9.02. The van der Waals surface area contributed by atoms with Crippen LogP contribution in [0.1, 0.15) is 11.3 Å². The maximum Gasteiger partial charge on any atom is 0.143 e. The van der Waals surface area contributed by atoms with E-state index >= 15 is 0 Å². The Morgan fingerprint density at radius 3 is 2.71 bits per heavy atom. The van der Waals surface area contributed by atoms with Crippen molar-refractivity contribution in [2.45, 2.75) is 6.54 Å². The number of nitrogens with zero attached hydrogens (tertiary/aromatic N) is 2. The highest BCUT2D eigenvalue weighted by atomic mass is 19.1. The van der Waals surface area contributed by atoms with Gasteiger partial charge in [-0.05, 0) is 6.07 Å². The molecule has 0 atom stereocenters. The first-order chi connectivity index (χ1) is 8.08. The third-order valence-corrected chi connectivity index (χ3v) is 2.36. The first kappa shape index (κ1) is 11.1. The summed E-state index contributed by atoms with van der Waals surface area (Å²) >= 11 is 0. The molecule has 2 rings (SSSR count). The van der Waals surface area contributed by atoms with E-state index in [0.717, 1.165) is 0 Å². The second-order valence-electron chi connectivity index (χ2n) is 3.62. The number of halogens is 1. The number of nitrogen functional groups attached to an aromatic ring is 2. The van der Waals surface area contributed by atoms with E-state index in [1.807, 2.05) is 0 Å². The van der Waals surface area contributed by atoms with Crippen molar-refractivity contribution in [2.24, 2.45) is 5.73 Å². The molecule has 0 bridgehead atoms. The van der Waals surface area contributed by atoms with Crippen molar-refractivity contribution in [3.63, 3.8) is 0 Å². The van der Waals surface area contributed by atoms with E-state index in [0.29, 0.717) is 17.1 Å². The molecule has 5 nitrogen and oxygen atoms in total. The van der Waals surface area contributed by atoms with E-state index in [-0.39, 0.29) is 18.2 Å². The molecule has 5 N–H and O–H groups in total. The van der Waals surface area contributed by atoms with Crippen LogP contribution in [0.3, 0.4) is 0 Å². The Morgan fingerprint density at radius 1 is 1.41 bits per heavy atom. The van der Waals surface area contributed by atoms with Crippen LogP contribution in [0.15, 0.2) is 30.3 Å². The molecular weight excluding hydrogens is 221 g/mol. The molecule has 0 spiro atoms. The first-order valence-electron chi connectivity index (χ1n) is 4.99. The van der Waals surface area contributed by atoms with Crippen molar-refractivity contribution >= 4 is 11.7 Å². The normalized spacial score (nSPS) is 10.4. The molecule has 0 aliphatic carbocycles. The lowest BCUT2D eigenvalue weighted by Gasteiger charge is -2.04. The fourth-order valence-corrected chi connectivity index (χ4v) is 1.48. The Kier molecular flexibility index (Phi) is 2.78. The van der Waals surface area contributed by atoms with Gasteiger partial charge in [0.15, 0.2) is 0 Å². The number of benzene rings is 1. The summed E-state index contributed by atoms with van der Waals surface area (Å²) < 4.78 is 14.8. The third kappa shape index (κ3) is 2.25. The van der Waals surface area contributed by atoms with Gasteiger partial charge in [0.1, 0.15) is 23.2 Å². The van der Waals surface area contributed by atoms with E-state index < -0.39 is 0 Å². The number of nitrogens with one attached hydrogen (secondary N) is 1. The molecule has 0 saturated carbocycles. The fraction of sp³-hybridized carbons (Fsp3) is 0.0909. The van der Waals surface area contributed by atoms with Gasteiger partial charge >= 0.3 is 0 Å². The maximum absolute atomic E-state index is 13.4. The molecule has 0 saturated heterocycles. The van der Waals surface area contributed by atoms with Gasteiger partial charge in [0.05, 0.1) is 6.54 Å². The second kappa shape index (κ2) is 4.25. The molecule has 0 aliphatic heterocycles. The molecule has 1 heterocycles. The fourth-order valence-electron chi connectivity index (χ4n) is 1.48. The summed E-state index contributed by atoms with van der Waals surface area (Å²) in [6, 6.07) is 7.88. The minimum Gasteiger partial charge on any atom is -0.384 e. The van der Waals surface area contributed by atoms with Crippen LogP contribution in [0.5, 0.6) is 0 Å². The number of anilines is 1. The monoisotopic (exact) mass is 233 g/mol. The average molecular weight is 233 g/mol. The molecule has 0 amide bonds. The molecule has 88 valence electrons. The lowest BCUT2D eigenvalue weighted by Crippen LogP contribution is -2.13. The molecule has 1 aromatic carbocycles. The van der Waals surface area contributed by atoms with Crippen LogP contribution in [-0.4, -0.2) is 15.6 Å². The Morgan fingerprint density at radius 2 is 2.12 bits per heavy atom. The average Bonchev–Trinajstić information content (AvgIpc) is 2.64. The minimum absolute atomic E-state index is 0.163. The standard InChI is InChI=1S/C11H12FN5/c12-8-4-2-1-3-7(8)6-17-10(13)5-9(16-17)11(14)15/h1-5H,6,13H2,(H3,14,15). The van der Waals surface area contributed by atoms with E-state index in [1.165, 1.54) is 16.8 Å². The van der Waals surface area contributed by atoms with Gasteiger partial charge in [-0.3, -0.25) is 5.41 Å². The lowest BCUT2D eigenvalue weighted by atomic mass is 10.2. The maximum atomic E-state index is 13.4. The molecule has 0 unspecified atom stereocenters. The molecule has 0 aliphatic rings. The highest BCUT2D eigenvalue weighted by Gasteiger charge is 2.09. The lowest BCUT2D eigenvalue weighted by molar-refractivity contribution is 0.587. The highest BCUT2D eigenvalue weighted by molar-refractivity contribution is 5.93. The summed E-state index contributed by atoms with van der Waals surface area (Å²) in [5.41, 5.74) is 11.8. The van der Waals surface area contributed by atoms with E-state index in [9.17, 15) is 4.39 Å². The highest BCUT2D eigenvalue weighted by Crippen LogP contribution is 2.12. The van der Waals surface area contributed by atoms with Gasteiger partial charge in [0.2, 0.25) is 0 Å². The number of rotatable bonds is 3. The SMILES string of the molecule is N=C(N)c1cc(N)n(Cc2ccccc2F)n1. The number of amidine groups is 1. The zero-order valence-corrected chi connectivity index (χ0v) is 9.02. The van der Waals surface area contributed by atoms with Crippen LogP contribution in [0.25, 0.3) is 0 Å². The Hall–Kier alpha value is -2.37. The van der Waals surface area contributed by atoms with Crippen LogP contribution in [0, 0.1) is 11.2 Å². The summed E-state index contributed by atoms with van der Waals surface area (Å²) in [7, 11) is 0. The molecular formula is C11H12FN5. The molecule has 1 aromatic heterocycles. The van der Waals surface area contributed by atoms with Gasteiger partial charge in [-0.15, -0.1) is 0 Å². The van der Waals surface area contributed by atoms with Gasteiger partial charge in [0.25, 0.3) is 0 Å². The van der Waals surface area contributed by atoms with Gasteiger partial charge in [-0.1, -0.05) is 18.2 Å². The van der Waals surface area contributed by atoms with Crippen molar-refractivity contribution in [1.82, 2.24) is 9.78 Å². The van der Waals surface area contributed by atoms with Gasteiger partial charge in [-0.2, -0.15) is 5.10 Å². The zero-order chi connectivity index (χ0) is 12.4. The van der Waals surface area contributed by atoms with Crippen molar-refractivity contribution in [1.29, 1.82) is 5.41 Å². The number of aromatic nitrogens is 2. The third-order valence-electron chi connectivity index (χ3n) is 2.36. The van der Waals surface area contributed by atoms with Crippen LogP contribution < -0.4 is 11.5 Å². The van der Waals surface area contributed by atoms with Crippen molar-refractivity contribution < 1.29 is 4.39 Å². The summed E-state index contributed by atoms with van der Waals surface area (Å²) in [5.74, 6) is -0.130. The summed E-state index contributed by atoms with van der Waals surface area (Å²) in [6.45, 7) is 0.214. The summed E-state index contributed by atoms with van der Waals surface area (Å²) in [6.07, 6.45) is 0. The van der Waals surface area contributed by atoms with Gasteiger partial charge in [-0.25, -0.2) is 9.07 Å². The van der Waals surface area contributed by atoms with Crippen LogP contribution >= 0.6 is 0 Å². The molecule has 2 aromatic rings. The van der Waals surface area contributed by atoms with Crippen molar-refractivity contribution in [3.05, 3.63) is 47.4 Å². The van der Waals surface area contributed by atoms with Crippen LogP contribution in [0.2, 0.25) is 0 Å². The molecule has 6 heteroatoms. The van der Waals surface area contributed by atoms with Crippen molar-refractivity contribution in [2.75, 3.05) is 5.73 Å². The molecule has 0 radical (unpaired) electrons. The Balaban J connectivity index is 2.30. The predicted octanol–water partition coefficient (Wildman–Crippen LogP) is 0.937. The first-order valence-corrected chi connectivity index (χ1v) is 4.99. The predicted molar refractivity (Wildman–Crippen MR) is 63.2 cm³/mol. The van der Waals surface area contributed by atoms with Crippen molar-refractivity contribution in [3.8, 4) is 0 Å². The number of nitrogens with two attached hydrogens (primary N) is 2. The van der Waals surface area contributed by atoms with Crippen LogP contribution in [-0.2, 0) is 6.54 Å². The smallest absolute Gasteiger partial charge is 0.143 e. The van der Waals surface area contributed by atoms with E-state index in [2.05, 4.69) is 5.10 Å². The number of hydrogen-bond donors (Lipinski definition) is 3. The largest absolute Gasteiger partial charge is 0.384 e. The minimum atomic E-state index is -0.313. The number of hydrogen-bond acceptors (Lipinski definition) is 3. The second-order valence-corrected chi connectivity index (χ2v) is 3.62. The van der Waals surface area contributed by atoms with Crippen LogP contribution in [0.4, 0.5) is 10.2 Å². The van der Waals surface area contributed by atoms with Gasteiger partial charge in [0, 0.05) is 11.6 Å². The Bertz CT molecular complexity index is 561. The van der Waals surface area contributed by atoms with Gasteiger partial charge < -0.3 is 11.5 Å². The Labute approximate surface area is 97.4 Å². The quantitative estimate of drug-likeness (QED) is 0.544. The topological polar surface area (TPSA) is 93.7 Å².